The Balaban J connectivity index is 2.49. The van der Waals surface area contributed by atoms with Crippen LogP contribution in [0.4, 0.5) is 5.69 Å². The average Bonchev–Trinajstić information content (AvgIpc) is 2.73. The fourth-order valence-corrected chi connectivity index (χ4v) is 1.99. The van der Waals surface area contributed by atoms with Crippen LogP contribution in [0.25, 0.3) is 10.9 Å². The van der Waals surface area contributed by atoms with E-state index in [9.17, 15) is 10.1 Å². The number of halogens is 1. The van der Waals surface area contributed by atoms with Crippen LogP contribution in [0.15, 0.2) is 18.3 Å². The molecule has 18 heavy (non-hydrogen) atoms. The molecule has 2 aromatic rings. The van der Waals surface area contributed by atoms with Crippen molar-refractivity contribution in [1.82, 2.24) is 9.78 Å². The van der Waals surface area contributed by atoms with Gasteiger partial charge in [0.2, 0.25) is 0 Å². The first-order valence-electron chi connectivity index (χ1n) is 5.35. The van der Waals surface area contributed by atoms with E-state index in [-0.39, 0.29) is 16.8 Å². The number of nitrogens with zero attached hydrogens (tertiary/aromatic N) is 3. The van der Waals surface area contributed by atoms with Crippen molar-refractivity contribution in [3.05, 3.63) is 33.5 Å². The number of nitro benzene ring substituents is 1. The van der Waals surface area contributed by atoms with Gasteiger partial charge in [0.25, 0.3) is 5.69 Å². The van der Waals surface area contributed by atoms with Gasteiger partial charge in [-0.05, 0) is 13.0 Å². The summed E-state index contributed by atoms with van der Waals surface area (Å²) in [5.41, 5.74) is 0.651. The molecule has 0 saturated heterocycles. The Kier molecular flexibility index (Phi) is 3.49. The second-order valence-electron chi connectivity index (χ2n) is 3.96. The third-order valence-electron chi connectivity index (χ3n) is 2.77. The summed E-state index contributed by atoms with van der Waals surface area (Å²) in [4.78, 5) is 10.3. The van der Waals surface area contributed by atoms with E-state index in [0.29, 0.717) is 11.9 Å². The predicted molar refractivity (Wildman–Crippen MR) is 67.9 cm³/mol. The molecule has 1 aromatic carbocycles. The summed E-state index contributed by atoms with van der Waals surface area (Å²) >= 11 is 5.99. The van der Waals surface area contributed by atoms with E-state index in [1.54, 1.807) is 17.9 Å². The van der Waals surface area contributed by atoms with Gasteiger partial charge in [0.1, 0.15) is 5.02 Å². The van der Waals surface area contributed by atoms with E-state index in [4.69, 9.17) is 16.3 Å². The number of methoxy groups -OCH3 is 1. The van der Waals surface area contributed by atoms with Gasteiger partial charge in [0, 0.05) is 18.6 Å². The maximum atomic E-state index is 10.8. The predicted octanol–water partition coefficient (Wildman–Crippen LogP) is 2.63. The SMILES string of the molecule is CO[C@H](C)Cn1ncc2c(Cl)c([N+](=O)[O-])ccc21. The normalized spacial score (nSPS) is 12.8. The number of hydrogen-bond donors (Lipinski definition) is 0. The number of fused-ring (bicyclic) bond motifs is 1. The van der Waals surface area contributed by atoms with Gasteiger partial charge in [-0.1, -0.05) is 11.6 Å². The Morgan fingerprint density at radius 3 is 2.94 bits per heavy atom. The highest BCUT2D eigenvalue weighted by Gasteiger charge is 2.18. The van der Waals surface area contributed by atoms with Gasteiger partial charge >= 0.3 is 0 Å². The maximum absolute atomic E-state index is 10.8. The lowest BCUT2D eigenvalue weighted by Crippen LogP contribution is -2.15. The Morgan fingerprint density at radius 1 is 1.61 bits per heavy atom. The minimum atomic E-state index is -0.503. The summed E-state index contributed by atoms with van der Waals surface area (Å²) in [6.07, 6.45) is 1.54. The van der Waals surface area contributed by atoms with Crippen molar-refractivity contribution in [1.29, 1.82) is 0 Å². The smallest absolute Gasteiger partial charge is 0.288 e. The highest BCUT2D eigenvalue weighted by atomic mass is 35.5. The highest BCUT2D eigenvalue weighted by Crippen LogP contribution is 2.32. The zero-order chi connectivity index (χ0) is 13.3. The van der Waals surface area contributed by atoms with Crippen molar-refractivity contribution in [3.8, 4) is 0 Å². The molecular weight excluding hydrogens is 258 g/mol. The minimum Gasteiger partial charge on any atom is -0.380 e. The van der Waals surface area contributed by atoms with Gasteiger partial charge in [-0.25, -0.2) is 0 Å². The Hall–Kier alpha value is -1.66. The van der Waals surface area contributed by atoms with Gasteiger partial charge in [-0.15, -0.1) is 0 Å². The third kappa shape index (κ3) is 2.16. The fourth-order valence-electron chi connectivity index (χ4n) is 1.71. The molecule has 6 nitrogen and oxygen atoms in total. The first-order chi connectivity index (χ1) is 8.54. The highest BCUT2D eigenvalue weighted by molar-refractivity contribution is 6.37. The molecule has 0 spiro atoms. The number of ether oxygens (including phenoxy) is 1. The molecule has 0 amide bonds. The maximum Gasteiger partial charge on any atom is 0.288 e. The van der Waals surface area contributed by atoms with Crippen molar-refractivity contribution in [2.75, 3.05) is 7.11 Å². The van der Waals surface area contributed by atoms with Gasteiger partial charge in [0.05, 0.1) is 29.3 Å². The Morgan fingerprint density at radius 2 is 2.33 bits per heavy atom. The Bertz CT molecular complexity index is 596. The molecule has 0 bridgehead atoms. The van der Waals surface area contributed by atoms with E-state index in [1.807, 2.05) is 6.92 Å². The van der Waals surface area contributed by atoms with E-state index < -0.39 is 4.92 Å². The van der Waals surface area contributed by atoms with Crippen molar-refractivity contribution >= 4 is 28.2 Å². The molecule has 0 radical (unpaired) electrons. The van der Waals surface area contributed by atoms with Crippen molar-refractivity contribution < 1.29 is 9.66 Å². The van der Waals surface area contributed by atoms with E-state index >= 15 is 0 Å². The lowest BCUT2D eigenvalue weighted by Gasteiger charge is -2.10. The molecule has 1 heterocycles. The molecule has 0 N–H and O–H groups in total. The Labute approximate surface area is 108 Å². The number of aromatic nitrogens is 2. The third-order valence-corrected chi connectivity index (χ3v) is 3.17. The van der Waals surface area contributed by atoms with E-state index in [2.05, 4.69) is 5.10 Å². The minimum absolute atomic E-state index is 0.00191. The van der Waals surface area contributed by atoms with Gasteiger partial charge in [0.15, 0.2) is 0 Å². The first kappa shape index (κ1) is 12.8. The molecule has 2 rings (SSSR count). The first-order valence-corrected chi connectivity index (χ1v) is 5.73. The topological polar surface area (TPSA) is 70.2 Å². The monoisotopic (exact) mass is 269 g/mol. The largest absolute Gasteiger partial charge is 0.380 e. The number of benzene rings is 1. The lowest BCUT2D eigenvalue weighted by molar-refractivity contribution is -0.384. The van der Waals surface area contributed by atoms with Crippen LogP contribution in [0, 0.1) is 10.1 Å². The van der Waals surface area contributed by atoms with Crippen LogP contribution in [-0.4, -0.2) is 27.9 Å². The summed E-state index contributed by atoms with van der Waals surface area (Å²) in [5.74, 6) is 0. The molecular formula is C11H12ClN3O3. The molecule has 96 valence electrons. The fraction of sp³-hybridized carbons (Fsp3) is 0.364. The summed E-state index contributed by atoms with van der Waals surface area (Å²) in [6, 6.07) is 3.04. The zero-order valence-corrected chi connectivity index (χ0v) is 10.7. The van der Waals surface area contributed by atoms with Crippen LogP contribution in [0.1, 0.15) is 6.92 Å². The van der Waals surface area contributed by atoms with Crippen molar-refractivity contribution in [2.24, 2.45) is 0 Å². The van der Waals surface area contributed by atoms with E-state index in [1.165, 1.54) is 12.3 Å². The molecule has 1 atom stereocenters. The number of rotatable bonds is 4. The van der Waals surface area contributed by atoms with Crippen LogP contribution in [0.2, 0.25) is 5.02 Å². The van der Waals surface area contributed by atoms with Gasteiger partial charge in [-0.3, -0.25) is 14.8 Å². The second kappa shape index (κ2) is 4.91. The standard InChI is InChI=1S/C11H12ClN3O3/c1-7(18-2)6-14-9-3-4-10(15(16)17)11(12)8(9)5-13-14/h3-5,7H,6H2,1-2H3/t7-/m1/s1. The quantitative estimate of drug-likeness (QED) is 0.632. The van der Waals surface area contributed by atoms with Crippen LogP contribution in [-0.2, 0) is 11.3 Å². The van der Waals surface area contributed by atoms with E-state index in [0.717, 1.165) is 5.52 Å². The molecule has 7 heteroatoms. The number of nitro groups is 1. The second-order valence-corrected chi connectivity index (χ2v) is 4.34. The van der Waals surface area contributed by atoms with Gasteiger partial charge in [-0.2, -0.15) is 5.10 Å². The van der Waals surface area contributed by atoms with Gasteiger partial charge < -0.3 is 4.74 Å². The van der Waals surface area contributed by atoms with Crippen molar-refractivity contribution in [3.63, 3.8) is 0 Å². The van der Waals surface area contributed by atoms with Crippen molar-refractivity contribution in [2.45, 2.75) is 19.6 Å². The molecule has 0 fully saturated rings. The molecule has 0 unspecified atom stereocenters. The summed E-state index contributed by atoms with van der Waals surface area (Å²) in [7, 11) is 1.62. The molecule has 0 aliphatic carbocycles. The van der Waals surface area contributed by atoms with Crippen LogP contribution in [0.5, 0.6) is 0 Å². The molecule has 0 aliphatic heterocycles. The van der Waals surface area contributed by atoms with Crippen LogP contribution >= 0.6 is 11.6 Å². The molecule has 0 saturated carbocycles. The molecule has 0 aliphatic rings. The summed E-state index contributed by atoms with van der Waals surface area (Å²) < 4.78 is 6.88. The summed E-state index contributed by atoms with van der Waals surface area (Å²) in [6.45, 7) is 2.48. The average molecular weight is 270 g/mol. The summed E-state index contributed by atoms with van der Waals surface area (Å²) in [5, 5.41) is 15.6. The lowest BCUT2D eigenvalue weighted by atomic mass is 10.2. The zero-order valence-electron chi connectivity index (χ0n) is 9.96. The number of hydrogen-bond acceptors (Lipinski definition) is 4. The van der Waals surface area contributed by atoms with Crippen LogP contribution in [0.3, 0.4) is 0 Å². The van der Waals surface area contributed by atoms with Crippen LogP contribution < -0.4 is 0 Å². The molecule has 1 aromatic heterocycles.